The Kier molecular flexibility index (Phi) is 6.28. The van der Waals surface area contributed by atoms with Gasteiger partial charge in [-0.1, -0.05) is 12.1 Å². The normalized spacial score (nSPS) is 16.0. The van der Waals surface area contributed by atoms with Crippen molar-refractivity contribution >= 4 is 17.6 Å². The summed E-state index contributed by atoms with van der Waals surface area (Å²) in [6.45, 7) is 10.3. The van der Waals surface area contributed by atoms with Gasteiger partial charge in [-0.15, -0.1) is 0 Å². The molecule has 1 aliphatic heterocycles. The Balaban J connectivity index is 1.91. The first-order valence-corrected chi connectivity index (χ1v) is 8.87. The van der Waals surface area contributed by atoms with Crippen LogP contribution in [0, 0.1) is 12.3 Å². The first-order valence-electron chi connectivity index (χ1n) is 8.87. The molecule has 1 aromatic carbocycles. The van der Waals surface area contributed by atoms with Crippen molar-refractivity contribution in [3.05, 3.63) is 29.8 Å². The van der Waals surface area contributed by atoms with E-state index in [1.54, 1.807) is 14.1 Å². The number of amides is 1. The summed E-state index contributed by atoms with van der Waals surface area (Å²) in [5, 5.41) is 6.07. The number of anilines is 1. The quantitative estimate of drug-likeness (QED) is 0.641. The molecule has 6 heteroatoms. The van der Waals surface area contributed by atoms with Gasteiger partial charge in [-0.05, 0) is 38.5 Å². The predicted molar refractivity (Wildman–Crippen MR) is 104 cm³/mol. The van der Waals surface area contributed by atoms with Gasteiger partial charge in [0.15, 0.2) is 5.96 Å². The van der Waals surface area contributed by atoms with E-state index in [1.165, 1.54) is 11.3 Å². The fourth-order valence-electron chi connectivity index (χ4n) is 3.05. The summed E-state index contributed by atoms with van der Waals surface area (Å²) in [5.74, 6) is 0.889. The minimum absolute atomic E-state index is 0.0275. The molecule has 1 saturated heterocycles. The monoisotopic (exact) mass is 345 g/mol. The summed E-state index contributed by atoms with van der Waals surface area (Å²) in [5.41, 5.74) is 2.09. The van der Waals surface area contributed by atoms with Crippen LogP contribution in [0.2, 0.25) is 0 Å². The maximum atomic E-state index is 11.9. The number of carbonyl (C=O) groups excluding carboxylic acids is 1. The highest BCUT2D eigenvalue weighted by molar-refractivity contribution is 5.84. The Morgan fingerprint density at radius 1 is 1.24 bits per heavy atom. The third-order valence-electron chi connectivity index (χ3n) is 4.69. The van der Waals surface area contributed by atoms with E-state index in [4.69, 9.17) is 0 Å². The lowest BCUT2D eigenvalue weighted by atomic mass is 9.92. The molecule has 1 aliphatic rings. The van der Waals surface area contributed by atoms with Gasteiger partial charge in [0.05, 0.1) is 5.41 Å². The highest BCUT2D eigenvalue weighted by Crippen LogP contribution is 2.18. The van der Waals surface area contributed by atoms with E-state index in [2.05, 4.69) is 56.6 Å². The van der Waals surface area contributed by atoms with Crippen LogP contribution < -0.4 is 15.5 Å². The van der Waals surface area contributed by atoms with E-state index >= 15 is 0 Å². The van der Waals surface area contributed by atoms with Crippen LogP contribution in [0.25, 0.3) is 0 Å². The highest BCUT2D eigenvalue weighted by atomic mass is 16.2. The molecular weight excluding hydrogens is 314 g/mol. The Hall–Kier alpha value is -2.24. The van der Waals surface area contributed by atoms with Crippen molar-refractivity contribution in [3.8, 4) is 0 Å². The largest absolute Gasteiger partial charge is 0.368 e. The number of rotatable bonds is 4. The number of hydrogen-bond donors (Lipinski definition) is 2. The standard InChI is InChI=1S/C19H31N5O/c1-15-7-6-8-16(13-15)23-9-11-24(12-10-23)18(21-5)22-14-19(2,3)17(25)20-4/h6-8,13H,9-12,14H2,1-5H3,(H,20,25)(H,21,22). The van der Waals surface area contributed by atoms with Crippen LogP contribution in [0.15, 0.2) is 29.3 Å². The van der Waals surface area contributed by atoms with Gasteiger partial charge in [0.1, 0.15) is 0 Å². The van der Waals surface area contributed by atoms with Gasteiger partial charge in [0.25, 0.3) is 0 Å². The minimum atomic E-state index is -0.478. The van der Waals surface area contributed by atoms with Crippen LogP contribution in [0.3, 0.4) is 0 Å². The van der Waals surface area contributed by atoms with Crippen LogP contribution in [0.5, 0.6) is 0 Å². The lowest BCUT2D eigenvalue weighted by molar-refractivity contribution is -0.128. The Labute approximate surface area is 151 Å². The molecule has 1 fully saturated rings. The van der Waals surface area contributed by atoms with Gasteiger partial charge in [-0.2, -0.15) is 0 Å². The van der Waals surface area contributed by atoms with E-state index < -0.39 is 5.41 Å². The lowest BCUT2D eigenvalue weighted by Crippen LogP contribution is -2.54. The van der Waals surface area contributed by atoms with Gasteiger partial charge in [0, 0.05) is 52.5 Å². The molecule has 0 atom stereocenters. The molecule has 1 aromatic rings. The molecule has 0 aromatic heterocycles. The van der Waals surface area contributed by atoms with Crippen LogP contribution >= 0.6 is 0 Å². The molecule has 25 heavy (non-hydrogen) atoms. The Morgan fingerprint density at radius 3 is 2.48 bits per heavy atom. The molecule has 0 unspecified atom stereocenters. The fraction of sp³-hybridized carbons (Fsp3) is 0.579. The van der Waals surface area contributed by atoms with E-state index in [0.29, 0.717) is 6.54 Å². The number of carbonyl (C=O) groups is 1. The third-order valence-corrected chi connectivity index (χ3v) is 4.69. The topological polar surface area (TPSA) is 60.0 Å². The molecule has 6 nitrogen and oxygen atoms in total. The second-order valence-electron chi connectivity index (χ2n) is 7.18. The first kappa shape index (κ1) is 19.1. The second kappa shape index (κ2) is 8.23. The zero-order valence-corrected chi connectivity index (χ0v) is 16.1. The average Bonchev–Trinajstić information content (AvgIpc) is 2.62. The van der Waals surface area contributed by atoms with Crippen molar-refractivity contribution < 1.29 is 4.79 Å². The van der Waals surface area contributed by atoms with Crippen LogP contribution in [0.1, 0.15) is 19.4 Å². The molecule has 0 saturated carbocycles. The summed E-state index contributed by atoms with van der Waals surface area (Å²) < 4.78 is 0. The number of benzene rings is 1. The Morgan fingerprint density at radius 2 is 1.92 bits per heavy atom. The number of aryl methyl sites for hydroxylation is 1. The molecule has 0 aliphatic carbocycles. The van der Waals surface area contributed by atoms with Crippen molar-refractivity contribution in [2.24, 2.45) is 10.4 Å². The van der Waals surface area contributed by atoms with Gasteiger partial charge in [-0.3, -0.25) is 9.79 Å². The number of piperazine rings is 1. The maximum Gasteiger partial charge on any atom is 0.227 e. The average molecular weight is 345 g/mol. The van der Waals surface area contributed by atoms with E-state index in [0.717, 1.165) is 32.1 Å². The van der Waals surface area contributed by atoms with Crippen molar-refractivity contribution in [2.45, 2.75) is 20.8 Å². The molecule has 1 heterocycles. The maximum absolute atomic E-state index is 11.9. The van der Waals surface area contributed by atoms with E-state index in [-0.39, 0.29) is 5.91 Å². The van der Waals surface area contributed by atoms with Crippen molar-refractivity contribution in [1.29, 1.82) is 0 Å². The van der Waals surface area contributed by atoms with Gasteiger partial charge < -0.3 is 20.4 Å². The molecule has 0 radical (unpaired) electrons. The molecule has 0 bridgehead atoms. The van der Waals surface area contributed by atoms with Crippen molar-refractivity contribution in [1.82, 2.24) is 15.5 Å². The number of nitrogens with one attached hydrogen (secondary N) is 2. The minimum Gasteiger partial charge on any atom is -0.368 e. The first-order chi connectivity index (χ1) is 11.9. The smallest absolute Gasteiger partial charge is 0.227 e. The number of aliphatic imine (C=N–C) groups is 1. The number of nitrogens with zero attached hydrogens (tertiary/aromatic N) is 3. The van der Waals surface area contributed by atoms with Crippen LogP contribution in [-0.2, 0) is 4.79 Å². The van der Waals surface area contributed by atoms with Crippen molar-refractivity contribution in [2.75, 3.05) is 51.7 Å². The summed E-state index contributed by atoms with van der Waals surface area (Å²) in [4.78, 5) is 21.0. The van der Waals surface area contributed by atoms with Gasteiger partial charge in [-0.25, -0.2) is 0 Å². The summed E-state index contributed by atoms with van der Waals surface area (Å²) in [6, 6.07) is 8.63. The molecule has 1 amide bonds. The predicted octanol–water partition coefficient (Wildman–Crippen LogP) is 1.46. The Bertz CT molecular complexity index is 618. The molecule has 138 valence electrons. The number of guanidine groups is 1. The highest BCUT2D eigenvalue weighted by Gasteiger charge is 2.28. The summed E-state index contributed by atoms with van der Waals surface area (Å²) in [6.07, 6.45) is 0. The van der Waals surface area contributed by atoms with Crippen LogP contribution in [0.4, 0.5) is 5.69 Å². The van der Waals surface area contributed by atoms with Crippen molar-refractivity contribution in [3.63, 3.8) is 0 Å². The van der Waals surface area contributed by atoms with Gasteiger partial charge in [0.2, 0.25) is 5.91 Å². The zero-order valence-electron chi connectivity index (χ0n) is 16.1. The van der Waals surface area contributed by atoms with E-state index in [1.807, 2.05) is 13.8 Å². The summed E-state index contributed by atoms with van der Waals surface area (Å²) >= 11 is 0. The van der Waals surface area contributed by atoms with Crippen LogP contribution in [-0.4, -0.2) is 63.6 Å². The molecule has 0 spiro atoms. The fourth-order valence-corrected chi connectivity index (χ4v) is 3.05. The summed E-state index contributed by atoms with van der Waals surface area (Å²) in [7, 11) is 3.46. The molecule has 2 rings (SSSR count). The lowest BCUT2D eigenvalue weighted by Gasteiger charge is -2.38. The van der Waals surface area contributed by atoms with E-state index in [9.17, 15) is 4.79 Å². The molecular formula is C19H31N5O. The SMILES string of the molecule is CN=C(NCC(C)(C)C(=O)NC)N1CCN(c2cccc(C)c2)CC1. The zero-order chi connectivity index (χ0) is 18.4. The van der Waals surface area contributed by atoms with Gasteiger partial charge >= 0.3 is 0 Å². The molecule has 2 N–H and O–H groups in total. The third kappa shape index (κ3) is 4.87. The second-order valence-corrected chi connectivity index (χ2v) is 7.18. The number of hydrogen-bond acceptors (Lipinski definition) is 3.